The molecular weight excluding hydrogens is 622 g/mol. The zero-order chi connectivity index (χ0) is 32.0. The molecule has 1 saturated heterocycles. The van der Waals surface area contributed by atoms with Crippen LogP contribution in [0.4, 0.5) is 4.39 Å². The third-order valence-corrected chi connectivity index (χ3v) is 8.83. The molecular formula is C36H30FN3O4S2. The van der Waals surface area contributed by atoms with Crippen molar-refractivity contribution in [1.82, 2.24) is 14.7 Å². The zero-order valence-electron chi connectivity index (χ0n) is 25.2. The second-order valence-corrected chi connectivity index (χ2v) is 12.1. The highest BCUT2D eigenvalue weighted by atomic mass is 32.2. The van der Waals surface area contributed by atoms with Gasteiger partial charge in [-0.25, -0.2) is 9.07 Å². The molecule has 46 heavy (non-hydrogen) atoms. The number of ether oxygens (including phenoxy) is 3. The molecule has 5 aromatic rings. The van der Waals surface area contributed by atoms with E-state index < -0.39 is 0 Å². The number of hydrogen-bond acceptors (Lipinski definition) is 7. The largest absolute Gasteiger partial charge is 0.493 e. The van der Waals surface area contributed by atoms with E-state index in [2.05, 4.69) is 0 Å². The van der Waals surface area contributed by atoms with Gasteiger partial charge >= 0.3 is 0 Å². The summed E-state index contributed by atoms with van der Waals surface area (Å²) in [5, 5.41) is 4.90. The van der Waals surface area contributed by atoms with Crippen LogP contribution in [0.2, 0.25) is 0 Å². The minimum atomic E-state index is -0.316. The number of para-hydroxylation sites is 1. The summed E-state index contributed by atoms with van der Waals surface area (Å²) in [6.45, 7) is 0.516. The van der Waals surface area contributed by atoms with Crippen molar-refractivity contribution in [2.75, 3.05) is 20.8 Å². The van der Waals surface area contributed by atoms with Gasteiger partial charge in [0.25, 0.3) is 5.91 Å². The van der Waals surface area contributed by atoms with E-state index in [9.17, 15) is 9.18 Å². The van der Waals surface area contributed by atoms with Crippen molar-refractivity contribution in [2.24, 2.45) is 0 Å². The summed E-state index contributed by atoms with van der Waals surface area (Å²) < 4.78 is 33.2. The maximum Gasteiger partial charge on any atom is 0.266 e. The number of benzene rings is 4. The quantitative estimate of drug-likeness (QED) is 0.107. The van der Waals surface area contributed by atoms with Crippen molar-refractivity contribution >= 4 is 40.3 Å². The first-order valence-corrected chi connectivity index (χ1v) is 15.7. The van der Waals surface area contributed by atoms with Crippen LogP contribution in [-0.2, 0) is 17.8 Å². The van der Waals surface area contributed by atoms with Crippen LogP contribution in [0.3, 0.4) is 0 Å². The van der Waals surface area contributed by atoms with Crippen LogP contribution >= 0.6 is 24.0 Å². The SMILES string of the molecule is COc1ccc(CCN2C(=O)/C(=C/c3cn(-c4ccccc4)nc3-c3cccc(OCc4ccccc4F)c3)SC2=S)cc1OC. The highest BCUT2D eigenvalue weighted by Crippen LogP contribution is 2.36. The van der Waals surface area contributed by atoms with Crippen LogP contribution in [-0.4, -0.2) is 45.7 Å². The molecule has 0 radical (unpaired) electrons. The Kier molecular flexibility index (Phi) is 9.46. The molecule has 1 fully saturated rings. The molecule has 6 rings (SSSR count). The molecule has 0 saturated carbocycles. The van der Waals surface area contributed by atoms with Crippen molar-refractivity contribution in [3.63, 3.8) is 0 Å². The lowest BCUT2D eigenvalue weighted by molar-refractivity contribution is -0.122. The van der Waals surface area contributed by atoms with Gasteiger partial charge < -0.3 is 14.2 Å². The van der Waals surface area contributed by atoms with Gasteiger partial charge in [-0.15, -0.1) is 0 Å². The minimum absolute atomic E-state index is 0.0905. The summed E-state index contributed by atoms with van der Waals surface area (Å²) in [6.07, 6.45) is 4.33. The molecule has 232 valence electrons. The third-order valence-electron chi connectivity index (χ3n) is 7.46. The van der Waals surface area contributed by atoms with E-state index in [4.69, 9.17) is 31.5 Å². The van der Waals surface area contributed by atoms with Gasteiger partial charge in [0.1, 0.15) is 28.2 Å². The van der Waals surface area contributed by atoms with Crippen LogP contribution in [0.25, 0.3) is 23.0 Å². The number of hydrogen-bond donors (Lipinski definition) is 0. The molecule has 1 aliphatic heterocycles. The van der Waals surface area contributed by atoms with E-state index in [1.807, 2.05) is 85.1 Å². The van der Waals surface area contributed by atoms with Crippen LogP contribution in [0, 0.1) is 5.82 Å². The fraction of sp³-hybridized carbons (Fsp3) is 0.139. The van der Waals surface area contributed by atoms with E-state index in [0.29, 0.717) is 50.7 Å². The van der Waals surface area contributed by atoms with Gasteiger partial charge in [0, 0.05) is 29.4 Å². The molecule has 10 heteroatoms. The van der Waals surface area contributed by atoms with Crippen molar-refractivity contribution in [2.45, 2.75) is 13.0 Å². The molecule has 0 unspecified atom stereocenters. The van der Waals surface area contributed by atoms with Crippen LogP contribution in [0.5, 0.6) is 17.2 Å². The summed E-state index contributed by atoms with van der Waals surface area (Å²) in [5.41, 5.74) is 4.54. The fourth-order valence-electron chi connectivity index (χ4n) is 5.05. The number of nitrogens with zero attached hydrogens (tertiary/aromatic N) is 3. The highest BCUT2D eigenvalue weighted by molar-refractivity contribution is 8.26. The Morgan fingerprint density at radius 3 is 2.48 bits per heavy atom. The van der Waals surface area contributed by atoms with Gasteiger partial charge in [-0.3, -0.25) is 9.69 Å². The van der Waals surface area contributed by atoms with Crippen molar-refractivity contribution in [3.05, 3.63) is 131 Å². The van der Waals surface area contributed by atoms with E-state index in [0.717, 1.165) is 22.4 Å². The summed E-state index contributed by atoms with van der Waals surface area (Å²) in [7, 11) is 3.19. The molecule has 2 heterocycles. The number of aromatic nitrogens is 2. The lowest BCUT2D eigenvalue weighted by Crippen LogP contribution is -2.30. The van der Waals surface area contributed by atoms with E-state index >= 15 is 0 Å². The van der Waals surface area contributed by atoms with Gasteiger partial charge in [0.05, 0.1) is 24.8 Å². The number of rotatable bonds is 11. The van der Waals surface area contributed by atoms with Crippen molar-refractivity contribution in [3.8, 4) is 34.2 Å². The molecule has 0 spiro atoms. The maximum absolute atomic E-state index is 14.2. The number of amides is 1. The fourth-order valence-corrected chi connectivity index (χ4v) is 6.35. The number of thioether (sulfide) groups is 1. The molecule has 1 aromatic heterocycles. The molecule has 0 N–H and O–H groups in total. The molecule has 1 amide bonds. The Labute approximate surface area is 276 Å². The third kappa shape index (κ3) is 6.83. The predicted octanol–water partition coefficient (Wildman–Crippen LogP) is 7.72. The number of thiocarbonyl (C=S) groups is 1. The van der Waals surface area contributed by atoms with E-state index in [1.54, 1.807) is 42.0 Å². The van der Waals surface area contributed by atoms with Gasteiger partial charge in [-0.05, 0) is 60.5 Å². The molecule has 1 aliphatic rings. The number of halogens is 1. The average molecular weight is 652 g/mol. The topological polar surface area (TPSA) is 65.8 Å². The monoisotopic (exact) mass is 651 g/mol. The zero-order valence-corrected chi connectivity index (χ0v) is 26.8. The first-order valence-electron chi connectivity index (χ1n) is 14.5. The number of carbonyl (C=O) groups is 1. The smallest absolute Gasteiger partial charge is 0.266 e. The molecule has 0 bridgehead atoms. The Bertz CT molecular complexity index is 1930. The normalized spacial score (nSPS) is 13.8. The summed E-state index contributed by atoms with van der Waals surface area (Å²) >= 11 is 6.91. The van der Waals surface area contributed by atoms with Gasteiger partial charge in [0.15, 0.2) is 11.5 Å². The summed E-state index contributed by atoms with van der Waals surface area (Å²) in [6, 6.07) is 29.5. The Morgan fingerprint density at radius 2 is 1.70 bits per heavy atom. The van der Waals surface area contributed by atoms with Gasteiger partial charge in [-0.1, -0.05) is 78.6 Å². The van der Waals surface area contributed by atoms with Crippen molar-refractivity contribution in [1.29, 1.82) is 0 Å². The predicted molar refractivity (Wildman–Crippen MR) is 183 cm³/mol. The van der Waals surface area contributed by atoms with Crippen LogP contribution < -0.4 is 14.2 Å². The van der Waals surface area contributed by atoms with Gasteiger partial charge in [0.2, 0.25) is 0 Å². The first-order chi connectivity index (χ1) is 22.4. The molecule has 4 aromatic carbocycles. The van der Waals surface area contributed by atoms with Crippen LogP contribution in [0.1, 0.15) is 16.7 Å². The number of carbonyl (C=O) groups excluding carboxylic acids is 1. The van der Waals surface area contributed by atoms with Gasteiger partial charge in [-0.2, -0.15) is 5.10 Å². The first kappa shape index (κ1) is 31.1. The molecule has 0 aliphatic carbocycles. The number of methoxy groups -OCH3 is 2. The lowest BCUT2D eigenvalue weighted by atomic mass is 10.1. The second kappa shape index (κ2) is 14.0. The van der Waals surface area contributed by atoms with E-state index in [-0.39, 0.29) is 18.3 Å². The Balaban J connectivity index is 1.27. The standard InChI is InChI=1S/C36H30FN3O4S2/c1-42-31-16-15-24(19-32(31)43-2)17-18-39-35(41)33(46-36(39)45)21-27-22-40(28-11-4-3-5-12-28)38-34(27)25-10-8-13-29(20-25)44-23-26-9-6-7-14-30(26)37/h3-16,19-22H,17-18,23H2,1-2H3/b33-21-. The van der Waals surface area contributed by atoms with Crippen molar-refractivity contribution < 1.29 is 23.4 Å². The summed E-state index contributed by atoms with van der Waals surface area (Å²) in [5.74, 6) is 1.38. The lowest BCUT2D eigenvalue weighted by Gasteiger charge is -2.15. The van der Waals surface area contributed by atoms with Crippen LogP contribution in [0.15, 0.2) is 108 Å². The molecule has 7 nitrogen and oxygen atoms in total. The van der Waals surface area contributed by atoms with E-state index in [1.165, 1.54) is 17.8 Å². The Hall–Kier alpha value is -4.93. The summed E-state index contributed by atoms with van der Waals surface area (Å²) in [4.78, 5) is 15.8. The highest BCUT2D eigenvalue weighted by Gasteiger charge is 2.32. The second-order valence-electron chi connectivity index (χ2n) is 10.4. The average Bonchev–Trinajstić information content (AvgIpc) is 3.63. The Morgan fingerprint density at radius 1 is 0.913 bits per heavy atom. The minimum Gasteiger partial charge on any atom is -0.493 e. The molecule has 0 atom stereocenters. The maximum atomic E-state index is 14.2.